The summed E-state index contributed by atoms with van der Waals surface area (Å²) in [5.41, 5.74) is 5.63. The molecule has 98 valence electrons. The fourth-order valence-electron chi connectivity index (χ4n) is 2.86. The van der Waals surface area contributed by atoms with Gasteiger partial charge in [0.15, 0.2) is 0 Å². The lowest BCUT2D eigenvalue weighted by Gasteiger charge is -2.50. The Bertz CT molecular complexity index is 305. The van der Waals surface area contributed by atoms with Gasteiger partial charge in [-0.1, -0.05) is 20.3 Å². The minimum absolute atomic E-state index is 0.0661. The quantitative estimate of drug-likeness (QED) is 0.680. The maximum Gasteiger partial charge on any atom is 0.220 e. The van der Waals surface area contributed by atoms with Crippen LogP contribution in [0.2, 0.25) is 0 Å². The molecule has 17 heavy (non-hydrogen) atoms. The van der Waals surface area contributed by atoms with Crippen LogP contribution < -0.4 is 11.1 Å². The van der Waals surface area contributed by atoms with E-state index in [9.17, 15) is 9.90 Å². The zero-order valence-corrected chi connectivity index (χ0v) is 10.8. The number of nitrogens with two attached hydrogens (primary N) is 1. The van der Waals surface area contributed by atoms with Crippen LogP contribution in [0.1, 0.15) is 46.0 Å². The summed E-state index contributed by atoms with van der Waals surface area (Å²) in [6, 6.07) is 0.111. The van der Waals surface area contributed by atoms with Crippen molar-refractivity contribution in [2.45, 2.75) is 58.1 Å². The van der Waals surface area contributed by atoms with Crippen LogP contribution in [0.5, 0.6) is 0 Å². The first-order chi connectivity index (χ1) is 7.89. The van der Waals surface area contributed by atoms with E-state index in [2.05, 4.69) is 5.32 Å². The van der Waals surface area contributed by atoms with Crippen LogP contribution in [0.3, 0.4) is 0 Å². The minimum Gasteiger partial charge on any atom is -0.392 e. The maximum atomic E-state index is 12.0. The summed E-state index contributed by atoms with van der Waals surface area (Å²) in [5, 5.41) is 12.7. The van der Waals surface area contributed by atoms with Crippen molar-refractivity contribution in [2.75, 3.05) is 6.54 Å². The Morgan fingerprint density at radius 3 is 2.47 bits per heavy atom. The first-order valence-electron chi connectivity index (χ1n) is 6.57. The van der Waals surface area contributed by atoms with Gasteiger partial charge >= 0.3 is 0 Å². The Balaban J connectivity index is 1.82. The van der Waals surface area contributed by atoms with Gasteiger partial charge in [-0.25, -0.2) is 0 Å². The average molecular weight is 240 g/mol. The summed E-state index contributed by atoms with van der Waals surface area (Å²) < 4.78 is 0. The van der Waals surface area contributed by atoms with Gasteiger partial charge in [-0.15, -0.1) is 0 Å². The summed E-state index contributed by atoms with van der Waals surface area (Å²) in [6.45, 7) is 4.60. The van der Waals surface area contributed by atoms with E-state index >= 15 is 0 Å². The summed E-state index contributed by atoms with van der Waals surface area (Å²) in [7, 11) is 0. The molecule has 0 aromatic heterocycles. The smallest absolute Gasteiger partial charge is 0.220 e. The van der Waals surface area contributed by atoms with Crippen LogP contribution in [0, 0.1) is 10.8 Å². The number of amides is 1. The first-order valence-corrected chi connectivity index (χ1v) is 6.57. The summed E-state index contributed by atoms with van der Waals surface area (Å²) in [6.07, 6.45) is 4.28. The van der Waals surface area contributed by atoms with Gasteiger partial charge in [-0.05, 0) is 31.2 Å². The van der Waals surface area contributed by atoms with Crippen LogP contribution >= 0.6 is 0 Å². The Morgan fingerprint density at radius 2 is 2.12 bits per heavy atom. The fraction of sp³-hybridized carbons (Fsp3) is 0.923. The van der Waals surface area contributed by atoms with Crippen molar-refractivity contribution < 1.29 is 9.90 Å². The molecule has 0 radical (unpaired) electrons. The van der Waals surface area contributed by atoms with E-state index in [4.69, 9.17) is 5.73 Å². The van der Waals surface area contributed by atoms with E-state index in [1.165, 1.54) is 6.42 Å². The average Bonchev–Trinajstić information content (AvgIpc) is 2.23. The second-order valence-electron chi connectivity index (χ2n) is 6.43. The number of hydrogen-bond acceptors (Lipinski definition) is 3. The normalized spacial score (nSPS) is 33.4. The topological polar surface area (TPSA) is 75.3 Å². The second-order valence-corrected chi connectivity index (χ2v) is 6.43. The van der Waals surface area contributed by atoms with Crippen molar-refractivity contribution >= 4 is 5.91 Å². The van der Waals surface area contributed by atoms with Gasteiger partial charge in [-0.3, -0.25) is 4.79 Å². The van der Waals surface area contributed by atoms with Gasteiger partial charge in [0, 0.05) is 17.9 Å². The molecule has 2 unspecified atom stereocenters. The van der Waals surface area contributed by atoms with E-state index in [-0.39, 0.29) is 28.9 Å². The predicted octanol–water partition coefficient (Wildman–Crippen LogP) is 0.781. The van der Waals surface area contributed by atoms with E-state index in [0.717, 1.165) is 12.8 Å². The van der Waals surface area contributed by atoms with Crippen LogP contribution in [0.4, 0.5) is 0 Å². The fourth-order valence-corrected chi connectivity index (χ4v) is 2.86. The number of aliphatic hydroxyl groups is 1. The number of rotatable bonds is 4. The molecule has 2 saturated carbocycles. The molecule has 0 aliphatic heterocycles. The minimum atomic E-state index is -0.292. The van der Waals surface area contributed by atoms with Gasteiger partial charge in [0.05, 0.1) is 6.10 Å². The molecule has 2 aliphatic carbocycles. The SMILES string of the molecule is CC1(C)C(O)CC1NC(=O)CC1(CN)CCC1. The van der Waals surface area contributed by atoms with E-state index in [1.54, 1.807) is 0 Å². The molecular formula is C13H24N2O2. The van der Waals surface area contributed by atoms with E-state index < -0.39 is 0 Å². The van der Waals surface area contributed by atoms with Crippen molar-refractivity contribution in [3.05, 3.63) is 0 Å². The number of carbonyl (C=O) groups excluding carboxylic acids is 1. The van der Waals surface area contributed by atoms with Gasteiger partial charge in [-0.2, -0.15) is 0 Å². The molecule has 1 amide bonds. The zero-order valence-electron chi connectivity index (χ0n) is 10.8. The Morgan fingerprint density at radius 1 is 1.47 bits per heavy atom. The Hall–Kier alpha value is -0.610. The van der Waals surface area contributed by atoms with Crippen LogP contribution in [-0.2, 0) is 4.79 Å². The Labute approximate surface area is 103 Å². The highest BCUT2D eigenvalue weighted by Crippen LogP contribution is 2.44. The third-order valence-electron chi connectivity index (χ3n) is 4.93. The van der Waals surface area contributed by atoms with Gasteiger partial charge in [0.1, 0.15) is 0 Å². The maximum absolute atomic E-state index is 12.0. The summed E-state index contributed by atoms with van der Waals surface area (Å²) in [5.74, 6) is 0.0973. The molecular weight excluding hydrogens is 216 g/mol. The standard InChI is InChI=1S/C13H24N2O2/c1-12(2)9(6-10(12)16)15-11(17)7-13(8-14)4-3-5-13/h9-10,16H,3-8,14H2,1-2H3,(H,15,17). The lowest BCUT2D eigenvalue weighted by atomic mass is 9.64. The lowest BCUT2D eigenvalue weighted by molar-refractivity contribution is -0.132. The van der Waals surface area contributed by atoms with Crippen molar-refractivity contribution in [3.63, 3.8) is 0 Å². The molecule has 2 atom stereocenters. The second kappa shape index (κ2) is 4.25. The van der Waals surface area contributed by atoms with Crippen molar-refractivity contribution in [2.24, 2.45) is 16.6 Å². The molecule has 2 fully saturated rings. The molecule has 4 N–H and O–H groups in total. The molecule has 0 bridgehead atoms. The Kier molecular flexibility index (Phi) is 3.21. The van der Waals surface area contributed by atoms with Crippen LogP contribution in [0.25, 0.3) is 0 Å². The third-order valence-corrected chi connectivity index (χ3v) is 4.93. The molecule has 0 heterocycles. The number of carbonyl (C=O) groups is 1. The molecule has 0 spiro atoms. The lowest BCUT2D eigenvalue weighted by Crippen LogP contribution is -2.61. The third kappa shape index (κ3) is 2.20. The van der Waals surface area contributed by atoms with E-state index in [0.29, 0.717) is 19.4 Å². The number of nitrogens with one attached hydrogen (secondary N) is 1. The van der Waals surface area contributed by atoms with E-state index in [1.807, 2.05) is 13.8 Å². The highest BCUT2D eigenvalue weighted by molar-refractivity contribution is 5.77. The number of aliphatic hydroxyl groups excluding tert-OH is 1. The molecule has 0 aromatic rings. The largest absolute Gasteiger partial charge is 0.392 e. The molecule has 2 rings (SSSR count). The highest BCUT2D eigenvalue weighted by Gasteiger charge is 2.48. The van der Waals surface area contributed by atoms with Crippen molar-refractivity contribution in [1.29, 1.82) is 0 Å². The van der Waals surface area contributed by atoms with Crippen molar-refractivity contribution in [1.82, 2.24) is 5.32 Å². The highest BCUT2D eigenvalue weighted by atomic mass is 16.3. The van der Waals surface area contributed by atoms with Gasteiger partial charge < -0.3 is 16.2 Å². The molecule has 4 nitrogen and oxygen atoms in total. The zero-order chi connectivity index (χ0) is 12.7. The van der Waals surface area contributed by atoms with Gasteiger partial charge in [0.2, 0.25) is 5.91 Å². The first kappa shape index (κ1) is 12.8. The predicted molar refractivity (Wildman–Crippen MR) is 66.3 cm³/mol. The summed E-state index contributed by atoms with van der Waals surface area (Å²) >= 11 is 0. The van der Waals surface area contributed by atoms with Crippen molar-refractivity contribution in [3.8, 4) is 0 Å². The molecule has 0 aromatic carbocycles. The monoisotopic (exact) mass is 240 g/mol. The number of hydrogen-bond donors (Lipinski definition) is 3. The van der Waals surface area contributed by atoms with Crippen LogP contribution in [-0.4, -0.2) is 29.7 Å². The van der Waals surface area contributed by atoms with Gasteiger partial charge in [0.25, 0.3) is 0 Å². The molecule has 4 heteroatoms. The molecule has 2 aliphatic rings. The van der Waals surface area contributed by atoms with Crippen LogP contribution in [0.15, 0.2) is 0 Å². The molecule has 0 saturated heterocycles. The summed E-state index contributed by atoms with van der Waals surface area (Å²) in [4.78, 5) is 12.0.